The molecule has 24 heavy (non-hydrogen) atoms. The van der Waals surface area contributed by atoms with Gasteiger partial charge in [-0.25, -0.2) is 0 Å². The van der Waals surface area contributed by atoms with Gasteiger partial charge in [0.2, 0.25) is 0 Å². The third-order valence-electron chi connectivity index (χ3n) is 4.14. The molecule has 0 radical (unpaired) electrons. The van der Waals surface area contributed by atoms with Gasteiger partial charge in [-0.2, -0.15) is 0 Å². The minimum absolute atomic E-state index is 0.136. The highest BCUT2D eigenvalue weighted by molar-refractivity contribution is 6.00. The van der Waals surface area contributed by atoms with Gasteiger partial charge in [-0.15, -0.1) is 0 Å². The normalized spacial score (nSPS) is 11.0. The number of carbonyl (C=O) groups is 3. The highest BCUT2D eigenvalue weighted by Crippen LogP contribution is 2.21. The molecule has 0 aromatic heterocycles. The summed E-state index contributed by atoms with van der Waals surface area (Å²) >= 11 is 0. The molecule has 3 N–H and O–H groups in total. The summed E-state index contributed by atoms with van der Waals surface area (Å²) in [5, 5.41) is 14.7. The van der Waals surface area contributed by atoms with E-state index in [1.54, 1.807) is 18.2 Å². The molecule has 1 rings (SSSR count). The van der Waals surface area contributed by atoms with E-state index < -0.39 is 11.5 Å². The summed E-state index contributed by atoms with van der Waals surface area (Å²) in [5.74, 6) is -1.55. The van der Waals surface area contributed by atoms with E-state index in [9.17, 15) is 14.4 Å². The molecule has 1 aromatic rings. The second kappa shape index (κ2) is 9.05. The van der Waals surface area contributed by atoms with Gasteiger partial charge in [-0.05, 0) is 37.5 Å². The second-order valence-corrected chi connectivity index (χ2v) is 5.85. The summed E-state index contributed by atoms with van der Waals surface area (Å²) < 4.78 is 0. The number of rotatable bonds is 9. The lowest BCUT2D eigenvalue weighted by molar-refractivity contribution is -0.138. The summed E-state index contributed by atoms with van der Waals surface area (Å²) in [5.41, 5.74) is -0.0348. The van der Waals surface area contributed by atoms with Gasteiger partial charge >= 0.3 is 5.97 Å². The molecular formula is C18H26N2O4. The molecular weight excluding hydrogens is 308 g/mol. The number of carboxylic acid groups (broad SMARTS) is 1. The van der Waals surface area contributed by atoms with Gasteiger partial charge in [0.15, 0.2) is 0 Å². The topological polar surface area (TPSA) is 95.5 Å². The largest absolute Gasteiger partial charge is 0.481 e. The van der Waals surface area contributed by atoms with E-state index in [0.29, 0.717) is 30.5 Å². The van der Waals surface area contributed by atoms with E-state index in [-0.39, 0.29) is 18.2 Å². The van der Waals surface area contributed by atoms with Crippen LogP contribution in [0.25, 0.3) is 0 Å². The summed E-state index contributed by atoms with van der Waals surface area (Å²) in [6.45, 7) is 6.23. The zero-order chi connectivity index (χ0) is 18.2. The Morgan fingerprint density at radius 2 is 1.62 bits per heavy atom. The van der Waals surface area contributed by atoms with Crippen LogP contribution < -0.4 is 10.6 Å². The molecule has 0 saturated carbocycles. The molecule has 2 amide bonds. The SMILES string of the molecule is CCCNC(=O)c1cccc(C(=O)NC(CC)(CC)CC(=O)O)c1. The minimum atomic E-state index is -0.952. The molecule has 1 aromatic carbocycles. The van der Waals surface area contributed by atoms with Crippen molar-refractivity contribution in [3.05, 3.63) is 35.4 Å². The Morgan fingerprint density at radius 3 is 2.12 bits per heavy atom. The fourth-order valence-electron chi connectivity index (χ4n) is 2.47. The van der Waals surface area contributed by atoms with Crippen LogP contribution in [0.15, 0.2) is 24.3 Å². The van der Waals surface area contributed by atoms with Crippen molar-refractivity contribution in [1.29, 1.82) is 0 Å². The van der Waals surface area contributed by atoms with Gasteiger partial charge in [0.05, 0.1) is 12.0 Å². The third kappa shape index (κ3) is 5.37. The van der Waals surface area contributed by atoms with Crippen LogP contribution in [0.4, 0.5) is 0 Å². The maximum absolute atomic E-state index is 12.5. The lowest BCUT2D eigenvalue weighted by atomic mass is 9.88. The third-order valence-corrected chi connectivity index (χ3v) is 4.14. The summed E-state index contributed by atoms with van der Waals surface area (Å²) in [6, 6.07) is 6.43. The van der Waals surface area contributed by atoms with Gasteiger partial charge in [0.25, 0.3) is 11.8 Å². The van der Waals surface area contributed by atoms with Crippen LogP contribution >= 0.6 is 0 Å². The van der Waals surface area contributed by atoms with E-state index in [1.165, 1.54) is 6.07 Å². The average Bonchev–Trinajstić information content (AvgIpc) is 2.58. The van der Waals surface area contributed by atoms with Gasteiger partial charge in [0, 0.05) is 17.7 Å². The van der Waals surface area contributed by atoms with Crippen LogP contribution in [0.1, 0.15) is 67.2 Å². The van der Waals surface area contributed by atoms with Gasteiger partial charge < -0.3 is 15.7 Å². The molecule has 0 spiro atoms. The molecule has 6 nitrogen and oxygen atoms in total. The van der Waals surface area contributed by atoms with Crippen molar-refractivity contribution >= 4 is 17.8 Å². The average molecular weight is 334 g/mol. The smallest absolute Gasteiger partial charge is 0.305 e. The van der Waals surface area contributed by atoms with Gasteiger partial charge in [0.1, 0.15) is 0 Å². The first-order chi connectivity index (χ1) is 11.4. The monoisotopic (exact) mass is 334 g/mol. The second-order valence-electron chi connectivity index (χ2n) is 5.85. The zero-order valence-corrected chi connectivity index (χ0v) is 14.5. The van der Waals surface area contributed by atoms with Crippen molar-refractivity contribution in [2.24, 2.45) is 0 Å². The fraction of sp³-hybridized carbons (Fsp3) is 0.500. The Bertz CT molecular complexity index is 594. The van der Waals surface area contributed by atoms with Crippen LogP contribution in [-0.4, -0.2) is 35.0 Å². The van der Waals surface area contributed by atoms with Crippen LogP contribution in [0.5, 0.6) is 0 Å². The molecule has 0 atom stereocenters. The number of nitrogens with one attached hydrogen (secondary N) is 2. The lowest BCUT2D eigenvalue weighted by Crippen LogP contribution is -2.49. The predicted octanol–water partition coefficient (Wildman–Crippen LogP) is 2.59. The predicted molar refractivity (Wildman–Crippen MR) is 92.1 cm³/mol. The number of carbonyl (C=O) groups excluding carboxylic acids is 2. The molecule has 0 saturated heterocycles. The Balaban J connectivity index is 2.94. The van der Waals surface area contributed by atoms with Crippen LogP contribution in [0, 0.1) is 0 Å². The molecule has 6 heteroatoms. The van der Waals surface area contributed by atoms with Crippen molar-refractivity contribution in [3.8, 4) is 0 Å². The maximum atomic E-state index is 12.5. The molecule has 0 bridgehead atoms. The summed E-state index contributed by atoms with van der Waals surface area (Å²) in [6.07, 6.45) is 1.72. The number of hydrogen-bond acceptors (Lipinski definition) is 3. The maximum Gasteiger partial charge on any atom is 0.305 e. The lowest BCUT2D eigenvalue weighted by Gasteiger charge is -2.31. The van der Waals surface area contributed by atoms with E-state index in [2.05, 4.69) is 10.6 Å². The van der Waals surface area contributed by atoms with Crippen molar-refractivity contribution in [2.45, 2.75) is 52.0 Å². The standard InChI is InChI=1S/C18H26N2O4/c1-4-10-19-16(23)13-8-7-9-14(11-13)17(24)20-18(5-2,6-3)12-15(21)22/h7-9,11H,4-6,10,12H2,1-3H3,(H,19,23)(H,20,24)(H,21,22). The number of carboxylic acids is 1. The van der Waals surface area contributed by atoms with Crippen molar-refractivity contribution < 1.29 is 19.5 Å². The molecule has 0 heterocycles. The van der Waals surface area contributed by atoms with Crippen LogP contribution in [0.2, 0.25) is 0 Å². The van der Waals surface area contributed by atoms with E-state index in [4.69, 9.17) is 5.11 Å². The molecule has 0 fully saturated rings. The first-order valence-corrected chi connectivity index (χ1v) is 8.30. The van der Waals surface area contributed by atoms with Crippen molar-refractivity contribution in [3.63, 3.8) is 0 Å². The first-order valence-electron chi connectivity index (χ1n) is 8.30. The van der Waals surface area contributed by atoms with Crippen molar-refractivity contribution in [2.75, 3.05) is 6.54 Å². The number of amides is 2. The Labute approximate surface area is 142 Å². The Hall–Kier alpha value is -2.37. The summed E-state index contributed by atoms with van der Waals surface area (Å²) in [7, 11) is 0. The first kappa shape index (κ1) is 19.7. The van der Waals surface area contributed by atoms with Crippen LogP contribution in [0.3, 0.4) is 0 Å². The van der Waals surface area contributed by atoms with Gasteiger partial charge in [-0.3, -0.25) is 14.4 Å². The molecule has 0 unspecified atom stereocenters. The van der Waals surface area contributed by atoms with E-state index >= 15 is 0 Å². The van der Waals surface area contributed by atoms with E-state index in [0.717, 1.165) is 6.42 Å². The van der Waals surface area contributed by atoms with Crippen LogP contribution in [-0.2, 0) is 4.79 Å². The highest BCUT2D eigenvalue weighted by atomic mass is 16.4. The number of hydrogen-bond donors (Lipinski definition) is 3. The Morgan fingerprint density at radius 1 is 1.04 bits per heavy atom. The number of aliphatic carboxylic acids is 1. The molecule has 0 aliphatic carbocycles. The van der Waals surface area contributed by atoms with Gasteiger partial charge in [-0.1, -0.05) is 26.8 Å². The molecule has 0 aliphatic rings. The quantitative estimate of drug-likeness (QED) is 0.647. The zero-order valence-electron chi connectivity index (χ0n) is 14.5. The fourth-order valence-corrected chi connectivity index (χ4v) is 2.47. The molecule has 0 aliphatic heterocycles. The minimum Gasteiger partial charge on any atom is -0.481 e. The van der Waals surface area contributed by atoms with Crippen molar-refractivity contribution in [1.82, 2.24) is 10.6 Å². The summed E-state index contributed by atoms with van der Waals surface area (Å²) in [4.78, 5) is 35.6. The Kier molecular flexibility index (Phi) is 7.42. The van der Waals surface area contributed by atoms with E-state index in [1.807, 2.05) is 20.8 Å². The molecule has 132 valence electrons. The number of benzene rings is 1. The highest BCUT2D eigenvalue weighted by Gasteiger charge is 2.31.